The van der Waals surface area contributed by atoms with Gasteiger partial charge >= 0.3 is 0 Å². The lowest BCUT2D eigenvalue weighted by atomic mass is 9.91. The molecule has 140 valence electrons. The van der Waals surface area contributed by atoms with Crippen molar-refractivity contribution in [3.8, 4) is 0 Å². The molecule has 0 aromatic carbocycles. The fourth-order valence-electron chi connectivity index (χ4n) is 3.69. The number of piperidine rings is 1. The summed E-state index contributed by atoms with van der Waals surface area (Å²) in [6.45, 7) is 8.66. The fraction of sp³-hybridized carbons (Fsp3) is 0.526. The van der Waals surface area contributed by atoms with Crippen LogP contribution in [0.5, 0.6) is 0 Å². The lowest BCUT2D eigenvalue weighted by Gasteiger charge is -2.32. The molecular weight excluding hydrogens is 364 g/mol. The van der Waals surface area contributed by atoms with Gasteiger partial charge in [-0.3, -0.25) is 14.7 Å². The molecular formula is C19H26N4OS2. The van der Waals surface area contributed by atoms with Gasteiger partial charge in [-0.15, -0.1) is 12.6 Å². The molecule has 26 heavy (non-hydrogen) atoms. The van der Waals surface area contributed by atoms with Crippen molar-refractivity contribution in [2.75, 3.05) is 18.4 Å². The van der Waals surface area contributed by atoms with Crippen LogP contribution in [-0.2, 0) is 17.8 Å². The lowest BCUT2D eigenvalue weighted by Crippen LogP contribution is -2.35. The zero-order valence-electron chi connectivity index (χ0n) is 15.6. The molecule has 0 radical (unpaired) electrons. The summed E-state index contributed by atoms with van der Waals surface area (Å²) in [6.07, 6.45) is 3.59. The number of nitrogens with one attached hydrogen (secondary N) is 1. The third kappa shape index (κ3) is 5.28. The number of aromatic nitrogens is 2. The number of nitrogens with zero attached hydrogens (tertiary/aromatic N) is 3. The van der Waals surface area contributed by atoms with Crippen molar-refractivity contribution in [3.63, 3.8) is 0 Å². The minimum absolute atomic E-state index is 0.0976. The molecule has 3 rings (SSSR count). The third-order valence-electron chi connectivity index (χ3n) is 4.60. The Bertz CT molecular complexity index is 770. The molecule has 5 nitrogen and oxygen atoms in total. The molecule has 0 spiro atoms. The quantitative estimate of drug-likeness (QED) is 0.761. The van der Waals surface area contributed by atoms with Gasteiger partial charge in [0.1, 0.15) is 5.03 Å². The van der Waals surface area contributed by atoms with Crippen LogP contribution in [0.3, 0.4) is 0 Å². The van der Waals surface area contributed by atoms with Crippen LogP contribution in [0, 0.1) is 19.8 Å². The topological polar surface area (TPSA) is 58.1 Å². The van der Waals surface area contributed by atoms with Crippen molar-refractivity contribution >= 4 is 35.0 Å². The van der Waals surface area contributed by atoms with Crippen molar-refractivity contribution in [1.29, 1.82) is 0 Å². The predicted octanol–water partition coefficient (Wildman–Crippen LogP) is 3.86. The standard InChI is InChI=1S/C19H26N4OS2/c1-12-7-16(8-13(2)20-12)9-15-5-4-6-23(10-15)11-17-18(25)22-19(26-17)21-14(3)24/h7-8,15,25H,4-6,9-11H2,1-3H3,(H,21,22,24). The summed E-state index contributed by atoms with van der Waals surface area (Å²) in [4.78, 5) is 23.6. The van der Waals surface area contributed by atoms with E-state index in [9.17, 15) is 4.79 Å². The highest BCUT2D eigenvalue weighted by Crippen LogP contribution is 2.29. The van der Waals surface area contributed by atoms with E-state index < -0.39 is 0 Å². The Morgan fingerprint density at radius 1 is 1.35 bits per heavy atom. The maximum Gasteiger partial charge on any atom is 0.223 e. The molecule has 1 aliphatic heterocycles. The van der Waals surface area contributed by atoms with E-state index in [1.807, 2.05) is 0 Å². The van der Waals surface area contributed by atoms with E-state index in [1.165, 1.54) is 36.7 Å². The molecule has 2 aromatic rings. The van der Waals surface area contributed by atoms with Gasteiger partial charge in [-0.1, -0.05) is 11.3 Å². The zero-order valence-corrected chi connectivity index (χ0v) is 17.3. The number of anilines is 1. The van der Waals surface area contributed by atoms with Gasteiger partial charge in [-0.25, -0.2) is 4.98 Å². The lowest BCUT2D eigenvalue weighted by molar-refractivity contribution is -0.114. The molecule has 0 aliphatic carbocycles. The second kappa shape index (κ2) is 8.50. The SMILES string of the molecule is CC(=O)Nc1nc(S)c(CN2CCCC(Cc3cc(C)nc(C)c3)C2)s1. The van der Waals surface area contributed by atoms with Crippen LogP contribution in [0.15, 0.2) is 17.2 Å². The van der Waals surface area contributed by atoms with Crippen LogP contribution in [0.1, 0.15) is 41.6 Å². The molecule has 2 aromatic heterocycles. The highest BCUT2D eigenvalue weighted by molar-refractivity contribution is 7.80. The van der Waals surface area contributed by atoms with E-state index in [-0.39, 0.29) is 5.91 Å². The Morgan fingerprint density at radius 3 is 2.77 bits per heavy atom. The molecule has 1 fully saturated rings. The van der Waals surface area contributed by atoms with Crippen LogP contribution < -0.4 is 5.32 Å². The maximum absolute atomic E-state index is 11.2. The number of pyridine rings is 1. The largest absolute Gasteiger partial charge is 0.302 e. The number of hydrogen-bond acceptors (Lipinski definition) is 6. The van der Waals surface area contributed by atoms with Crippen molar-refractivity contribution in [1.82, 2.24) is 14.9 Å². The Labute approximate surface area is 164 Å². The van der Waals surface area contributed by atoms with Crippen molar-refractivity contribution in [3.05, 3.63) is 34.0 Å². The molecule has 1 unspecified atom stereocenters. The molecule has 1 aliphatic rings. The zero-order chi connectivity index (χ0) is 18.7. The van der Waals surface area contributed by atoms with Crippen molar-refractivity contribution in [2.45, 2.75) is 51.6 Å². The van der Waals surface area contributed by atoms with Crippen LogP contribution in [0.25, 0.3) is 0 Å². The first-order valence-corrected chi connectivity index (χ1v) is 10.3. The monoisotopic (exact) mass is 390 g/mol. The first-order chi connectivity index (χ1) is 12.4. The van der Waals surface area contributed by atoms with Gasteiger partial charge in [-0.05, 0) is 63.3 Å². The minimum atomic E-state index is -0.0976. The van der Waals surface area contributed by atoms with Gasteiger partial charge in [0, 0.05) is 31.4 Å². The number of thiazole rings is 1. The Balaban J connectivity index is 1.61. The van der Waals surface area contributed by atoms with Gasteiger partial charge in [0.15, 0.2) is 5.13 Å². The van der Waals surface area contributed by atoms with E-state index in [0.717, 1.165) is 47.3 Å². The number of thiol groups is 1. The molecule has 3 heterocycles. The van der Waals surface area contributed by atoms with Crippen LogP contribution in [-0.4, -0.2) is 33.9 Å². The van der Waals surface area contributed by atoms with E-state index >= 15 is 0 Å². The van der Waals surface area contributed by atoms with Gasteiger partial charge < -0.3 is 5.32 Å². The number of carbonyl (C=O) groups is 1. The first-order valence-electron chi connectivity index (χ1n) is 9.02. The summed E-state index contributed by atoms with van der Waals surface area (Å²) in [6, 6.07) is 4.42. The normalized spacial score (nSPS) is 18.1. The summed E-state index contributed by atoms with van der Waals surface area (Å²) in [5, 5.41) is 4.11. The molecule has 0 bridgehead atoms. The average Bonchev–Trinajstić information content (AvgIpc) is 2.85. The maximum atomic E-state index is 11.2. The molecule has 0 saturated carbocycles. The average molecular weight is 391 g/mol. The Hall–Kier alpha value is -1.44. The third-order valence-corrected chi connectivity index (χ3v) is 6.07. The van der Waals surface area contributed by atoms with E-state index in [4.69, 9.17) is 0 Å². The van der Waals surface area contributed by atoms with E-state index in [0.29, 0.717) is 11.0 Å². The van der Waals surface area contributed by atoms with Crippen LogP contribution in [0.4, 0.5) is 5.13 Å². The molecule has 1 atom stereocenters. The van der Waals surface area contributed by atoms with E-state index in [1.54, 1.807) is 0 Å². The number of carbonyl (C=O) groups excluding carboxylic acids is 1. The molecule has 1 amide bonds. The summed E-state index contributed by atoms with van der Waals surface area (Å²) in [5.41, 5.74) is 3.59. The number of hydrogen-bond donors (Lipinski definition) is 2. The second-order valence-corrected chi connectivity index (χ2v) is 8.66. The minimum Gasteiger partial charge on any atom is -0.302 e. The Kier molecular flexibility index (Phi) is 6.32. The Morgan fingerprint density at radius 2 is 2.08 bits per heavy atom. The molecule has 7 heteroatoms. The van der Waals surface area contributed by atoms with Crippen molar-refractivity contribution < 1.29 is 4.79 Å². The number of amides is 1. The van der Waals surface area contributed by atoms with Gasteiger partial charge in [0.25, 0.3) is 0 Å². The van der Waals surface area contributed by atoms with Crippen LogP contribution in [0.2, 0.25) is 0 Å². The van der Waals surface area contributed by atoms with E-state index in [2.05, 4.69) is 58.8 Å². The van der Waals surface area contributed by atoms with Gasteiger partial charge in [0.2, 0.25) is 5.91 Å². The number of aryl methyl sites for hydroxylation is 2. The van der Waals surface area contributed by atoms with Gasteiger partial charge in [-0.2, -0.15) is 0 Å². The first kappa shape index (κ1) is 19.3. The smallest absolute Gasteiger partial charge is 0.223 e. The highest BCUT2D eigenvalue weighted by atomic mass is 32.1. The van der Waals surface area contributed by atoms with Crippen LogP contribution >= 0.6 is 24.0 Å². The summed E-state index contributed by atoms with van der Waals surface area (Å²) in [7, 11) is 0. The predicted molar refractivity (Wildman–Crippen MR) is 109 cm³/mol. The fourth-order valence-corrected chi connectivity index (χ4v) is 5.01. The van der Waals surface area contributed by atoms with Gasteiger partial charge in [0.05, 0.1) is 4.88 Å². The summed E-state index contributed by atoms with van der Waals surface area (Å²) >= 11 is 6.00. The van der Waals surface area contributed by atoms with Crippen molar-refractivity contribution in [2.24, 2.45) is 5.92 Å². The number of rotatable bonds is 5. The molecule has 1 N–H and O–H groups in total. The second-order valence-electron chi connectivity index (χ2n) is 7.15. The summed E-state index contributed by atoms with van der Waals surface area (Å²) < 4.78 is 0. The summed E-state index contributed by atoms with van der Waals surface area (Å²) in [5.74, 6) is 0.565. The highest BCUT2D eigenvalue weighted by Gasteiger charge is 2.22. The number of likely N-dealkylation sites (tertiary alicyclic amines) is 1. The molecule has 1 saturated heterocycles.